The Balaban J connectivity index is 1.50. The third-order valence-corrected chi connectivity index (χ3v) is 8.67. The molecular formula is C32H36NO5P. The number of hydrogen-bond acceptors (Lipinski definition) is 5. The molecule has 7 heteroatoms. The fraction of sp³-hybridized carbons (Fsp3) is 0.312. The molecule has 0 bridgehead atoms. The fourth-order valence-electron chi connectivity index (χ4n) is 4.48. The number of rotatable bonds is 7. The van der Waals surface area contributed by atoms with E-state index in [4.69, 9.17) is 14.2 Å². The molecule has 204 valence electrons. The van der Waals surface area contributed by atoms with E-state index in [9.17, 15) is 9.59 Å². The van der Waals surface area contributed by atoms with Gasteiger partial charge < -0.3 is 14.2 Å². The van der Waals surface area contributed by atoms with Crippen LogP contribution < -0.4 is 15.9 Å². The summed E-state index contributed by atoms with van der Waals surface area (Å²) in [4.78, 5) is 27.7. The van der Waals surface area contributed by atoms with Gasteiger partial charge in [0.2, 0.25) is 0 Å². The first-order chi connectivity index (χ1) is 18.6. The highest BCUT2D eigenvalue weighted by molar-refractivity contribution is 7.80. The van der Waals surface area contributed by atoms with Crippen LogP contribution in [0.3, 0.4) is 0 Å². The smallest absolute Gasteiger partial charge is 0.413 e. The van der Waals surface area contributed by atoms with Gasteiger partial charge >= 0.3 is 12.1 Å². The average molecular weight is 546 g/mol. The molecule has 1 atom stereocenters. The van der Waals surface area contributed by atoms with Crippen LogP contribution in [0.1, 0.15) is 45.0 Å². The molecule has 4 rings (SSSR count). The van der Waals surface area contributed by atoms with E-state index in [1.807, 2.05) is 101 Å². The number of ether oxygens (including phenoxy) is 3. The highest BCUT2D eigenvalue weighted by atomic mass is 31.1. The molecule has 1 saturated heterocycles. The lowest BCUT2D eigenvalue weighted by Crippen LogP contribution is -2.49. The van der Waals surface area contributed by atoms with Gasteiger partial charge in [0.05, 0.1) is 18.2 Å². The molecule has 0 N–H and O–H groups in total. The predicted octanol–water partition coefficient (Wildman–Crippen LogP) is 5.53. The SMILES string of the molecule is CC(C)(C)OC(=O)N1[C@@H](/C=C/COC(=O)c2ccccc2P(c2ccccc2)c2ccccc2)COC1(C)C. The molecule has 0 aromatic heterocycles. The van der Waals surface area contributed by atoms with Gasteiger partial charge in [-0.2, -0.15) is 0 Å². The van der Waals surface area contributed by atoms with E-state index >= 15 is 0 Å². The van der Waals surface area contributed by atoms with Crippen LogP contribution in [0.5, 0.6) is 0 Å². The maximum absolute atomic E-state index is 13.3. The Morgan fingerprint density at radius 1 is 0.949 bits per heavy atom. The summed E-state index contributed by atoms with van der Waals surface area (Å²) in [5.41, 5.74) is -0.879. The quantitative estimate of drug-likeness (QED) is 0.222. The van der Waals surface area contributed by atoms with Crippen molar-refractivity contribution in [3.63, 3.8) is 0 Å². The minimum atomic E-state index is -0.954. The van der Waals surface area contributed by atoms with E-state index in [-0.39, 0.29) is 18.6 Å². The Labute approximate surface area is 232 Å². The first kappa shape index (κ1) is 28.5. The monoisotopic (exact) mass is 545 g/mol. The van der Waals surface area contributed by atoms with Crippen LogP contribution in [-0.4, -0.2) is 47.5 Å². The van der Waals surface area contributed by atoms with Crippen LogP contribution in [0.25, 0.3) is 0 Å². The third-order valence-electron chi connectivity index (χ3n) is 6.17. The Bertz CT molecular complexity index is 1260. The first-order valence-electron chi connectivity index (χ1n) is 13.1. The summed E-state index contributed by atoms with van der Waals surface area (Å²) in [6.45, 7) is 9.56. The zero-order valence-corrected chi connectivity index (χ0v) is 24.1. The van der Waals surface area contributed by atoms with Crippen LogP contribution in [-0.2, 0) is 14.2 Å². The normalized spacial score (nSPS) is 17.0. The van der Waals surface area contributed by atoms with Gasteiger partial charge in [0.1, 0.15) is 17.9 Å². The van der Waals surface area contributed by atoms with E-state index in [1.165, 1.54) is 0 Å². The van der Waals surface area contributed by atoms with Gasteiger partial charge in [-0.15, -0.1) is 0 Å². The summed E-state index contributed by atoms with van der Waals surface area (Å²) in [7, 11) is -0.954. The van der Waals surface area contributed by atoms with Crippen LogP contribution in [0, 0.1) is 0 Å². The number of carbonyl (C=O) groups is 2. The summed E-state index contributed by atoms with van der Waals surface area (Å²) < 4.78 is 17.1. The molecule has 3 aromatic rings. The molecule has 1 aliphatic heterocycles. The summed E-state index contributed by atoms with van der Waals surface area (Å²) in [6, 6.07) is 27.8. The molecule has 6 nitrogen and oxygen atoms in total. The van der Waals surface area contributed by atoms with Gasteiger partial charge in [-0.25, -0.2) is 9.59 Å². The van der Waals surface area contributed by atoms with Crippen LogP contribution in [0.4, 0.5) is 4.79 Å². The molecule has 1 amide bonds. The highest BCUT2D eigenvalue weighted by Crippen LogP contribution is 2.34. The minimum Gasteiger partial charge on any atom is -0.458 e. The number of carbonyl (C=O) groups excluding carboxylic acids is 2. The van der Waals surface area contributed by atoms with Crippen molar-refractivity contribution < 1.29 is 23.8 Å². The number of hydrogen-bond donors (Lipinski definition) is 0. The molecule has 1 fully saturated rings. The van der Waals surface area contributed by atoms with Gasteiger partial charge in [-0.3, -0.25) is 4.90 Å². The van der Waals surface area contributed by atoms with Gasteiger partial charge in [-0.1, -0.05) is 84.9 Å². The molecule has 1 aliphatic rings. The van der Waals surface area contributed by atoms with Crippen molar-refractivity contribution in [1.29, 1.82) is 0 Å². The Hall–Kier alpha value is -3.47. The summed E-state index contributed by atoms with van der Waals surface area (Å²) in [5, 5.41) is 3.26. The molecule has 0 saturated carbocycles. The fourth-order valence-corrected chi connectivity index (χ4v) is 6.91. The van der Waals surface area contributed by atoms with E-state index in [1.54, 1.807) is 11.0 Å². The lowest BCUT2D eigenvalue weighted by molar-refractivity contribution is -0.0610. The van der Waals surface area contributed by atoms with E-state index in [0.717, 1.165) is 15.9 Å². The second kappa shape index (κ2) is 12.1. The predicted molar refractivity (Wildman–Crippen MR) is 156 cm³/mol. The van der Waals surface area contributed by atoms with Crippen LogP contribution in [0.15, 0.2) is 97.1 Å². The minimum absolute atomic E-state index is 0.0703. The molecule has 1 heterocycles. The molecule has 3 aromatic carbocycles. The summed E-state index contributed by atoms with van der Waals surface area (Å²) >= 11 is 0. The molecule has 0 radical (unpaired) electrons. The highest BCUT2D eigenvalue weighted by Gasteiger charge is 2.44. The largest absolute Gasteiger partial charge is 0.458 e. The Kier molecular flexibility index (Phi) is 8.89. The molecule has 0 spiro atoms. The number of esters is 1. The second-order valence-corrected chi connectivity index (χ2v) is 12.9. The summed E-state index contributed by atoms with van der Waals surface area (Å²) in [5.74, 6) is -0.387. The van der Waals surface area contributed by atoms with Gasteiger partial charge in [0.15, 0.2) is 0 Å². The lowest BCUT2D eigenvalue weighted by atomic mass is 10.2. The van der Waals surface area contributed by atoms with Gasteiger partial charge in [-0.05, 0) is 70.6 Å². The Morgan fingerprint density at radius 2 is 1.51 bits per heavy atom. The molecule has 0 aliphatic carbocycles. The average Bonchev–Trinajstić information content (AvgIpc) is 3.21. The molecule has 0 unspecified atom stereocenters. The van der Waals surface area contributed by atoms with Crippen LogP contribution >= 0.6 is 7.92 Å². The third kappa shape index (κ3) is 7.14. The number of amides is 1. The van der Waals surface area contributed by atoms with E-state index < -0.39 is 25.3 Å². The Morgan fingerprint density at radius 3 is 2.10 bits per heavy atom. The topological polar surface area (TPSA) is 65.1 Å². The zero-order chi connectivity index (χ0) is 28.0. The van der Waals surface area contributed by atoms with Crippen molar-refractivity contribution >= 4 is 35.9 Å². The second-order valence-electron chi connectivity index (χ2n) is 10.7. The molecule has 39 heavy (non-hydrogen) atoms. The van der Waals surface area contributed by atoms with Crippen molar-refractivity contribution in [2.24, 2.45) is 0 Å². The number of nitrogens with zero attached hydrogens (tertiary/aromatic N) is 1. The van der Waals surface area contributed by atoms with E-state index in [2.05, 4.69) is 24.3 Å². The van der Waals surface area contributed by atoms with Crippen molar-refractivity contribution in [2.75, 3.05) is 13.2 Å². The van der Waals surface area contributed by atoms with Crippen molar-refractivity contribution in [1.82, 2.24) is 4.90 Å². The van der Waals surface area contributed by atoms with Crippen molar-refractivity contribution in [3.05, 3.63) is 103 Å². The lowest BCUT2D eigenvalue weighted by Gasteiger charge is -2.34. The maximum atomic E-state index is 13.3. The first-order valence-corrected chi connectivity index (χ1v) is 14.4. The zero-order valence-electron chi connectivity index (χ0n) is 23.2. The van der Waals surface area contributed by atoms with Crippen molar-refractivity contribution in [2.45, 2.75) is 52.0 Å². The van der Waals surface area contributed by atoms with Crippen LogP contribution in [0.2, 0.25) is 0 Å². The standard InChI is InChI=1S/C32H36NO5P/c1-31(2,3)38-30(35)33-24(23-37-32(33,4)5)15-14-22-36-29(34)27-20-12-13-21-28(27)39(25-16-8-6-9-17-25)26-18-10-7-11-19-26/h6-21,24H,22-23H2,1-5H3/b15-14+/t24-/m0/s1. The van der Waals surface area contributed by atoms with E-state index in [0.29, 0.717) is 12.2 Å². The maximum Gasteiger partial charge on any atom is 0.413 e. The van der Waals surface area contributed by atoms with Gasteiger partial charge in [0.25, 0.3) is 0 Å². The molecular weight excluding hydrogens is 509 g/mol. The summed E-state index contributed by atoms with van der Waals surface area (Å²) in [6.07, 6.45) is 3.14. The number of benzene rings is 3. The van der Waals surface area contributed by atoms with Crippen molar-refractivity contribution in [3.8, 4) is 0 Å². The van der Waals surface area contributed by atoms with Gasteiger partial charge in [0, 0.05) is 0 Å².